The van der Waals surface area contributed by atoms with Gasteiger partial charge in [-0.15, -0.1) is 11.8 Å². The van der Waals surface area contributed by atoms with Crippen molar-refractivity contribution in [1.29, 1.82) is 0 Å². The van der Waals surface area contributed by atoms with Gasteiger partial charge in [0.15, 0.2) is 0 Å². The Hall–Kier alpha value is -1.37. The van der Waals surface area contributed by atoms with Crippen LogP contribution in [0.3, 0.4) is 0 Å². The summed E-state index contributed by atoms with van der Waals surface area (Å²) in [5, 5.41) is 0.402. The largest absolute Gasteiger partial charge is 0.493 e. The molecule has 2 radical (unpaired) electrons. The number of carbonyl (C=O) groups is 1. The van der Waals surface area contributed by atoms with Gasteiger partial charge in [-0.05, 0) is 75.8 Å². The average molecular weight is 443 g/mol. The van der Waals surface area contributed by atoms with Crippen molar-refractivity contribution in [1.82, 2.24) is 4.90 Å². The molecule has 4 fully saturated rings. The van der Waals surface area contributed by atoms with Crippen LogP contribution in [-0.2, 0) is 4.74 Å². The van der Waals surface area contributed by atoms with Crippen molar-refractivity contribution in [3.63, 3.8) is 0 Å². The van der Waals surface area contributed by atoms with E-state index in [2.05, 4.69) is 0 Å². The predicted octanol–water partition coefficient (Wildman–Crippen LogP) is 5.60. The second-order valence-electron chi connectivity index (χ2n) is 10.2. The van der Waals surface area contributed by atoms with Crippen LogP contribution >= 0.6 is 11.8 Å². The summed E-state index contributed by atoms with van der Waals surface area (Å²) in [5.41, 5.74) is -0.212. The van der Waals surface area contributed by atoms with Gasteiger partial charge in [0, 0.05) is 29.3 Å². The van der Waals surface area contributed by atoms with Crippen molar-refractivity contribution in [3.8, 4) is 5.75 Å². The number of hydrogen-bond acceptors (Lipinski definition) is 4. The van der Waals surface area contributed by atoms with E-state index in [0.29, 0.717) is 34.3 Å². The summed E-state index contributed by atoms with van der Waals surface area (Å²) < 4.78 is 25.6. The van der Waals surface area contributed by atoms with Gasteiger partial charge in [0.1, 0.15) is 17.2 Å². The van der Waals surface area contributed by atoms with Crippen LogP contribution in [0, 0.1) is 17.7 Å². The topological polar surface area (TPSA) is 38.8 Å². The Morgan fingerprint density at radius 2 is 2.00 bits per heavy atom. The molecule has 166 valence electrons. The Kier molecular flexibility index (Phi) is 5.68. The summed E-state index contributed by atoms with van der Waals surface area (Å²) in [6.07, 6.45) is 7.93. The van der Waals surface area contributed by atoms with Crippen molar-refractivity contribution in [2.45, 2.75) is 79.4 Å². The van der Waals surface area contributed by atoms with E-state index < -0.39 is 0 Å². The molecule has 1 saturated heterocycles. The van der Waals surface area contributed by atoms with E-state index in [4.69, 9.17) is 17.3 Å². The highest BCUT2D eigenvalue weighted by molar-refractivity contribution is 8.00. The lowest BCUT2D eigenvalue weighted by Gasteiger charge is -2.33. The minimum atomic E-state index is -0.212. The minimum absolute atomic E-state index is 0.157. The first-order chi connectivity index (χ1) is 14.8. The number of halogens is 1. The van der Waals surface area contributed by atoms with Gasteiger partial charge in [-0.25, -0.2) is 9.18 Å². The molecule has 4 aliphatic rings. The molecular formula is C24H31BFNO3S. The predicted molar refractivity (Wildman–Crippen MR) is 120 cm³/mol. The lowest BCUT2D eigenvalue weighted by Crippen LogP contribution is -2.41. The zero-order valence-electron chi connectivity index (χ0n) is 18.3. The average Bonchev–Trinajstić information content (AvgIpc) is 3.65. The van der Waals surface area contributed by atoms with Gasteiger partial charge >= 0.3 is 6.09 Å². The maximum absolute atomic E-state index is 14.2. The van der Waals surface area contributed by atoms with Crippen LogP contribution in [0.15, 0.2) is 23.1 Å². The highest BCUT2D eigenvalue weighted by atomic mass is 32.2. The third-order valence-corrected chi connectivity index (χ3v) is 8.78. The van der Waals surface area contributed by atoms with Gasteiger partial charge < -0.3 is 14.4 Å². The fraction of sp³-hybridized carbons (Fsp3) is 0.708. The fourth-order valence-corrected chi connectivity index (χ4v) is 5.75. The second-order valence-corrected chi connectivity index (χ2v) is 11.5. The van der Waals surface area contributed by atoms with Crippen LogP contribution in [0.1, 0.15) is 58.3 Å². The second kappa shape index (κ2) is 8.20. The standard InChI is InChI=1S/C24H31BFNO3S/c1-23(8-9-23)30-22(28)27-11-6-16(7-12-27)19-15-24(19,25)10-13-29-17-2-5-21(20(26)14-17)31-18-3-4-18/h2,5,14,16,18-19H,3-4,6-13,15H2,1H3. The van der Waals surface area contributed by atoms with Crippen LogP contribution in [0.25, 0.3) is 0 Å². The fourth-order valence-electron chi connectivity index (χ4n) is 4.70. The monoisotopic (exact) mass is 443 g/mol. The maximum Gasteiger partial charge on any atom is 0.410 e. The minimum Gasteiger partial charge on any atom is -0.493 e. The van der Waals surface area contributed by atoms with E-state index in [-0.39, 0.29) is 22.8 Å². The molecule has 0 aromatic heterocycles. The van der Waals surface area contributed by atoms with Gasteiger partial charge in [-0.2, -0.15) is 0 Å². The van der Waals surface area contributed by atoms with Crippen molar-refractivity contribution in [2.24, 2.45) is 11.8 Å². The van der Waals surface area contributed by atoms with Crippen LogP contribution < -0.4 is 4.74 Å². The molecule has 4 nitrogen and oxygen atoms in total. The molecule has 1 aromatic carbocycles. The molecule has 0 spiro atoms. The molecule has 1 aromatic rings. The quantitative estimate of drug-likeness (QED) is 0.491. The molecule has 3 aliphatic carbocycles. The molecule has 2 atom stereocenters. The van der Waals surface area contributed by atoms with Crippen molar-refractivity contribution in [3.05, 3.63) is 24.0 Å². The Balaban J connectivity index is 1.04. The van der Waals surface area contributed by atoms with Crippen LogP contribution in [0.2, 0.25) is 5.31 Å². The summed E-state index contributed by atoms with van der Waals surface area (Å²) in [7, 11) is 6.62. The first kappa shape index (κ1) is 21.5. The van der Waals surface area contributed by atoms with Crippen molar-refractivity contribution in [2.75, 3.05) is 19.7 Å². The number of likely N-dealkylation sites (tertiary alicyclic amines) is 1. The summed E-state index contributed by atoms with van der Waals surface area (Å²) in [6, 6.07) is 5.18. The summed E-state index contributed by atoms with van der Waals surface area (Å²) >= 11 is 1.62. The molecule has 1 amide bonds. The molecule has 0 N–H and O–H groups in total. The van der Waals surface area contributed by atoms with Gasteiger partial charge in [0.2, 0.25) is 0 Å². The normalized spacial score (nSPS) is 29.5. The number of nitrogens with zero attached hydrogens (tertiary/aromatic N) is 1. The number of rotatable bonds is 8. The molecule has 5 rings (SSSR count). The van der Waals surface area contributed by atoms with E-state index >= 15 is 0 Å². The SMILES string of the molecule is [B]C1(CCOc2ccc(SC3CC3)c(F)c2)CC1C1CCN(C(=O)OC2(C)CC2)CC1. The summed E-state index contributed by atoms with van der Waals surface area (Å²) in [5.74, 6) is 1.43. The number of benzene rings is 1. The van der Waals surface area contributed by atoms with E-state index in [1.165, 1.54) is 18.9 Å². The van der Waals surface area contributed by atoms with Crippen LogP contribution in [0.5, 0.6) is 5.75 Å². The molecular weight excluding hydrogens is 412 g/mol. The first-order valence-electron chi connectivity index (χ1n) is 11.7. The van der Waals surface area contributed by atoms with Gasteiger partial charge in [0.25, 0.3) is 0 Å². The van der Waals surface area contributed by atoms with Crippen molar-refractivity contribution >= 4 is 25.7 Å². The molecule has 1 aliphatic heterocycles. The highest BCUT2D eigenvalue weighted by Gasteiger charge is 2.53. The Morgan fingerprint density at radius 3 is 2.65 bits per heavy atom. The Morgan fingerprint density at radius 1 is 1.26 bits per heavy atom. The third-order valence-electron chi connectivity index (χ3n) is 7.39. The lowest BCUT2D eigenvalue weighted by molar-refractivity contribution is 0.0474. The molecule has 7 heteroatoms. The van der Waals surface area contributed by atoms with Crippen LogP contribution in [-0.4, -0.2) is 49.4 Å². The number of thioether (sulfide) groups is 1. The number of piperidine rings is 1. The molecule has 0 bridgehead atoms. The van der Waals surface area contributed by atoms with E-state index in [0.717, 1.165) is 51.6 Å². The molecule has 3 saturated carbocycles. The summed E-state index contributed by atoms with van der Waals surface area (Å²) in [4.78, 5) is 14.9. The Labute approximate surface area is 190 Å². The van der Waals surface area contributed by atoms with Gasteiger partial charge in [-0.1, -0.05) is 11.7 Å². The molecule has 1 heterocycles. The van der Waals surface area contributed by atoms with Crippen LogP contribution in [0.4, 0.5) is 9.18 Å². The highest BCUT2D eigenvalue weighted by Crippen LogP contribution is 2.64. The third kappa shape index (κ3) is 5.18. The van der Waals surface area contributed by atoms with Crippen molar-refractivity contribution < 1.29 is 18.7 Å². The summed E-state index contributed by atoms with van der Waals surface area (Å²) in [6.45, 7) is 4.02. The van der Waals surface area contributed by atoms with E-state index in [1.54, 1.807) is 11.8 Å². The van der Waals surface area contributed by atoms with E-state index in [1.807, 2.05) is 24.0 Å². The number of amides is 1. The first-order valence-corrected chi connectivity index (χ1v) is 12.6. The number of carbonyl (C=O) groups excluding carboxylic acids is 1. The lowest BCUT2D eigenvalue weighted by atomic mass is 9.74. The zero-order chi connectivity index (χ0) is 21.6. The van der Waals surface area contributed by atoms with E-state index in [9.17, 15) is 9.18 Å². The Bertz CT molecular complexity index is 838. The smallest absolute Gasteiger partial charge is 0.410 e. The maximum atomic E-state index is 14.2. The zero-order valence-corrected chi connectivity index (χ0v) is 19.1. The van der Waals surface area contributed by atoms with Gasteiger partial charge in [-0.3, -0.25) is 0 Å². The number of ether oxygens (including phenoxy) is 2. The number of hydrogen-bond donors (Lipinski definition) is 0. The van der Waals surface area contributed by atoms with Gasteiger partial charge in [0.05, 0.1) is 14.5 Å². The molecule has 2 unspecified atom stereocenters. The molecule has 31 heavy (non-hydrogen) atoms.